The highest BCUT2D eigenvalue weighted by Crippen LogP contribution is 2.18. The first-order chi connectivity index (χ1) is 6.72. The van der Waals surface area contributed by atoms with E-state index in [1.165, 1.54) is 17.0 Å². The van der Waals surface area contributed by atoms with Gasteiger partial charge in [0.1, 0.15) is 12.7 Å². The minimum absolute atomic E-state index is 0.368. The van der Waals surface area contributed by atoms with Crippen LogP contribution in [0.4, 0.5) is 0 Å². The molecule has 1 unspecified atom stereocenters. The molecule has 0 aromatic rings. The van der Waals surface area contributed by atoms with Gasteiger partial charge in [0.15, 0.2) is 0 Å². The monoisotopic (exact) mass is 207 g/mol. The van der Waals surface area contributed by atoms with E-state index in [9.17, 15) is 0 Å². The van der Waals surface area contributed by atoms with Crippen LogP contribution in [0, 0.1) is 0 Å². The van der Waals surface area contributed by atoms with E-state index >= 15 is 0 Å². The molecule has 3 heteroatoms. The van der Waals surface area contributed by atoms with E-state index in [2.05, 4.69) is 54.4 Å². The lowest BCUT2D eigenvalue weighted by atomic mass is 10.2. The summed E-state index contributed by atoms with van der Waals surface area (Å²) in [5.74, 6) is 0. The average Bonchev–Trinajstić information content (AvgIpc) is 2.36. The van der Waals surface area contributed by atoms with Crippen molar-refractivity contribution in [2.75, 3.05) is 13.3 Å². The van der Waals surface area contributed by atoms with Crippen molar-refractivity contribution in [1.82, 2.24) is 5.32 Å². The van der Waals surface area contributed by atoms with E-state index in [1.807, 2.05) is 11.8 Å². The summed E-state index contributed by atoms with van der Waals surface area (Å²) < 4.78 is 2.26. The molecular formula is C11H15N2S+. The van der Waals surface area contributed by atoms with E-state index in [0.717, 1.165) is 0 Å². The largest absolute Gasteiger partial charge is 0.313 e. The maximum absolute atomic E-state index is 3.47. The van der Waals surface area contributed by atoms with Gasteiger partial charge < -0.3 is 5.32 Å². The van der Waals surface area contributed by atoms with Gasteiger partial charge in [-0.25, -0.2) is 0 Å². The molecule has 0 spiro atoms. The van der Waals surface area contributed by atoms with Crippen molar-refractivity contribution in [2.45, 2.75) is 12.4 Å². The molecule has 2 rings (SSSR count). The summed E-state index contributed by atoms with van der Waals surface area (Å²) in [7, 11) is 2.12. The lowest BCUT2D eigenvalue weighted by Crippen LogP contribution is -2.25. The van der Waals surface area contributed by atoms with Gasteiger partial charge in [-0.1, -0.05) is 29.5 Å². The van der Waals surface area contributed by atoms with Gasteiger partial charge >= 0.3 is 0 Å². The topological polar surface area (TPSA) is 15.0 Å². The number of nitrogens with one attached hydrogen (secondary N) is 1. The molecule has 0 saturated carbocycles. The molecule has 0 bridgehead atoms. The fourth-order valence-corrected chi connectivity index (χ4v) is 2.33. The molecule has 14 heavy (non-hydrogen) atoms. The van der Waals surface area contributed by atoms with Gasteiger partial charge in [0.05, 0.1) is 0 Å². The van der Waals surface area contributed by atoms with Crippen LogP contribution in [0.5, 0.6) is 0 Å². The van der Waals surface area contributed by atoms with Crippen LogP contribution in [0.2, 0.25) is 0 Å². The van der Waals surface area contributed by atoms with Crippen molar-refractivity contribution >= 4 is 17.5 Å². The highest BCUT2D eigenvalue weighted by Gasteiger charge is 2.31. The minimum Gasteiger partial charge on any atom is -0.313 e. The van der Waals surface area contributed by atoms with Gasteiger partial charge in [0, 0.05) is 6.08 Å². The Labute approximate surface area is 89.1 Å². The summed E-state index contributed by atoms with van der Waals surface area (Å²) in [5.41, 5.74) is 4.15. The Morgan fingerprint density at radius 3 is 2.86 bits per heavy atom. The standard InChI is InChI=1S/C11H14N2S/c1-8-4-6-9-10(7-5-8)13(2)11(12-9)14-3/h4-7,11H,1-3H3/p+1. The maximum atomic E-state index is 3.47. The molecular weight excluding hydrogens is 192 g/mol. The second-order valence-electron chi connectivity index (χ2n) is 3.55. The average molecular weight is 207 g/mol. The Balaban J connectivity index is 2.41. The zero-order valence-corrected chi connectivity index (χ0v) is 9.56. The SMILES string of the molecule is CSC1NC2=CC=C(C)C=CC2=[N+]1C. The van der Waals surface area contributed by atoms with Crippen molar-refractivity contribution in [3.63, 3.8) is 0 Å². The number of hydrogen-bond donors (Lipinski definition) is 1. The first kappa shape index (κ1) is 9.59. The van der Waals surface area contributed by atoms with Gasteiger partial charge in [-0.2, -0.15) is 4.58 Å². The van der Waals surface area contributed by atoms with Crippen molar-refractivity contribution in [3.8, 4) is 0 Å². The van der Waals surface area contributed by atoms with Gasteiger partial charge in [-0.3, -0.25) is 0 Å². The Hall–Kier alpha value is -0.960. The number of hydrogen-bond acceptors (Lipinski definition) is 2. The Morgan fingerprint density at radius 1 is 1.36 bits per heavy atom. The fourth-order valence-electron chi connectivity index (χ4n) is 1.66. The smallest absolute Gasteiger partial charge is 0.275 e. The minimum atomic E-state index is 0.368. The third kappa shape index (κ3) is 1.52. The van der Waals surface area contributed by atoms with Crippen molar-refractivity contribution in [1.29, 1.82) is 0 Å². The highest BCUT2D eigenvalue weighted by atomic mass is 32.2. The van der Waals surface area contributed by atoms with Crippen molar-refractivity contribution in [2.24, 2.45) is 0 Å². The number of nitrogens with zero attached hydrogens (tertiary/aromatic N) is 1. The molecule has 0 saturated heterocycles. The molecule has 1 N–H and O–H groups in total. The van der Waals surface area contributed by atoms with Crippen molar-refractivity contribution in [3.05, 3.63) is 35.6 Å². The van der Waals surface area contributed by atoms with Crippen molar-refractivity contribution < 1.29 is 4.58 Å². The summed E-state index contributed by atoms with van der Waals surface area (Å²) >= 11 is 1.81. The number of thioether (sulfide) groups is 1. The van der Waals surface area contributed by atoms with Gasteiger partial charge in [0.2, 0.25) is 5.71 Å². The third-order valence-electron chi connectivity index (χ3n) is 2.53. The van der Waals surface area contributed by atoms with Crippen LogP contribution in [0.1, 0.15) is 6.92 Å². The Kier molecular flexibility index (Phi) is 2.50. The van der Waals surface area contributed by atoms with Gasteiger partial charge in [-0.05, 0) is 19.3 Å². The molecule has 0 aromatic carbocycles. The first-order valence-electron chi connectivity index (χ1n) is 4.68. The van der Waals surface area contributed by atoms with Gasteiger partial charge in [0.25, 0.3) is 5.50 Å². The molecule has 1 aliphatic carbocycles. The van der Waals surface area contributed by atoms with E-state index in [1.54, 1.807) is 0 Å². The molecule has 0 fully saturated rings. The third-order valence-corrected chi connectivity index (χ3v) is 3.41. The second-order valence-corrected chi connectivity index (χ2v) is 4.47. The molecule has 1 aliphatic heterocycles. The van der Waals surface area contributed by atoms with E-state index in [-0.39, 0.29) is 0 Å². The number of allylic oxidation sites excluding steroid dienone is 5. The van der Waals surface area contributed by atoms with E-state index < -0.39 is 0 Å². The van der Waals surface area contributed by atoms with Crippen LogP contribution in [-0.4, -0.2) is 29.1 Å². The van der Waals surface area contributed by atoms with Crippen LogP contribution < -0.4 is 5.32 Å². The summed E-state index contributed by atoms with van der Waals surface area (Å²) in [6.07, 6.45) is 10.7. The van der Waals surface area contributed by atoms with E-state index in [0.29, 0.717) is 5.50 Å². The first-order valence-corrected chi connectivity index (χ1v) is 5.97. The maximum Gasteiger partial charge on any atom is 0.275 e. The Bertz CT molecular complexity index is 375. The number of rotatable bonds is 1. The lowest BCUT2D eigenvalue weighted by Gasteiger charge is -2.02. The zero-order chi connectivity index (χ0) is 10.1. The molecule has 1 atom stereocenters. The zero-order valence-electron chi connectivity index (χ0n) is 8.74. The van der Waals surface area contributed by atoms with Crippen LogP contribution >= 0.6 is 11.8 Å². The lowest BCUT2D eigenvalue weighted by molar-refractivity contribution is -0.506. The molecule has 2 nitrogen and oxygen atoms in total. The summed E-state index contributed by atoms with van der Waals surface area (Å²) in [4.78, 5) is 0. The predicted molar refractivity (Wildman–Crippen MR) is 62.6 cm³/mol. The molecule has 0 amide bonds. The van der Waals surface area contributed by atoms with Gasteiger partial charge in [-0.15, -0.1) is 0 Å². The summed E-state index contributed by atoms with van der Waals surface area (Å²) in [5, 5.41) is 3.47. The summed E-state index contributed by atoms with van der Waals surface area (Å²) in [6, 6.07) is 0. The van der Waals surface area contributed by atoms with Crippen LogP contribution in [-0.2, 0) is 0 Å². The molecule has 1 heterocycles. The van der Waals surface area contributed by atoms with Crippen LogP contribution in [0.15, 0.2) is 35.6 Å². The summed E-state index contributed by atoms with van der Waals surface area (Å²) in [6.45, 7) is 2.11. The Morgan fingerprint density at radius 2 is 2.14 bits per heavy atom. The van der Waals surface area contributed by atoms with Crippen LogP contribution in [0.25, 0.3) is 0 Å². The molecule has 0 aromatic heterocycles. The molecule has 0 radical (unpaired) electrons. The fraction of sp³-hybridized carbons (Fsp3) is 0.364. The van der Waals surface area contributed by atoms with E-state index in [4.69, 9.17) is 0 Å². The second kappa shape index (κ2) is 3.65. The number of fused-ring (bicyclic) bond motifs is 1. The highest BCUT2D eigenvalue weighted by molar-refractivity contribution is 7.99. The quantitative estimate of drug-likeness (QED) is 0.659. The normalized spacial score (nSPS) is 25.2. The molecule has 74 valence electrons. The molecule has 2 aliphatic rings. The van der Waals surface area contributed by atoms with Crippen LogP contribution in [0.3, 0.4) is 0 Å². The predicted octanol–water partition coefficient (Wildman–Crippen LogP) is 1.72.